The van der Waals surface area contributed by atoms with Crippen molar-refractivity contribution in [2.24, 2.45) is 0 Å². The summed E-state index contributed by atoms with van der Waals surface area (Å²) in [7, 11) is -3.82. The van der Waals surface area contributed by atoms with Gasteiger partial charge in [-0.25, -0.2) is 12.8 Å². The first-order chi connectivity index (χ1) is 9.96. The molecule has 1 aliphatic heterocycles. The van der Waals surface area contributed by atoms with Crippen LogP contribution in [0.5, 0.6) is 0 Å². The van der Waals surface area contributed by atoms with Crippen LogP contribution in [0.4, 0.5) is 4.39 Å². The van der Waals surface area contributed by atoms with Gasteiger partial charge in [-0.05, 0) is 50.6 Å². The molecule has 1 saturated heterocycles. The molecule has 1 aromatic rings. The smallest absolute Gasteiger partial charge is 0.246 e. The predicted octanol–water partition coefficient (Wildman–Crippen LogP) is 3.16. The van der Waals surface area contributed by atoms with Crippen molar-refractivity contribution < 1.29 is 12.8 Å². The van der Waals surface area contributed by atoms with Gasteiger partial charge in [0, 0.05) is 17.1 Å². The number of hydrogen-bond donors (Lipinski definition) is 1. The van der Waals surface area contributed by atoms with E-state index in [1.165, 1.54) is 22.5 Å². The topological polar surface area (TPSA) is 49.4 Å². The molecule has 0 aliphatic carbocycles. The van der Waals surface area contributed by atoms with Crippen LogP contribution in [0.3, 0.4) is 0 Å². The third kappa shape index (κ3) is 4.41. The normalized spacial score (nSPS) is 16.5. The molecule has 0 saturated carbocycles. The third-order valence-corrected chi connectivity index (χ3v) is 6.10. The minimum atomic E-state index is -3.82. The molecule has 4 nitrogen and oxygen atoms in total. The molecule has 0 spiro atoms. The monoisotopic (exact) mass is 414 g/mol. The van der Waals surface area contributed by atoms with E-state index in [4.69, 9.17) is 0 Å². The van der Waals surface area contributed by atoms with E-state index in [-0.39, 0.29) is 23.3 Å². The number of halogens is 3. The lowest BCUT2D eigenvalue weighted by atomic mass is 10.1. The highest BCUT2D eigenvalue weighted by molar-refractivity contribution is 9.10. The van der Waals surface area contributed by atoms with Crippen molar-refractivity contribution in [2.45, 2.75) is 37.1 Å². The maximum Gasteiger partial charge on any atom is 0.246 e. The van der Waals surface area contributed by atoms with Gasteiger partial charge >= 0.3 is 0 Å². The second kappa shape index (κ2) is 8.59. The minimum absolute atomic E-state index is 0. The van der Waals surface area contributed by atoms with E-state index in [1.807, 2.05) is 6.92 Å². The van der Waals surface area contributed by atoms with Crippen LogP contribution < -0.4 is 5.32 Å². The summed E-state index contributed by atoms with van der Waals surface area (Å²) in [5.41, 5.74) is 0. The molecular formula is C14H21BrClFN2O2S. The molecule has 2 rings (SSSR count). The second-order valence-corrected chi connectivity index (χ2v) is 7.95. The minimum Gasteiger partial charge on any atom is -0.317 e. The van der Waals surface area contributed by atoms with Crippen molar-refractivity contribution in [3.8, 4) is 0 Å². The summed E-state index contributed by atoms with van der Waals surface area (Å²) in [6, 6.07) is 3.97. The van der Waals surface area contributed by atoms with Gasteiger partial charge in [-0.3, -0.25) is 0 Å². The Morgan fingerprint density at radius 3 is 2.59 bits per heavy atom. The highest BCUT2D eigenvalue weighted by Crippen LogP contribution is 2.27. The summed E-state index contributed by atoms with van der Waals surface area (Å²) >= 11 is 3.21. The first kappa shape index (κ1) is 19.8. The number of hydrogen-bond acceptors (Lipinski definition) is 3. The van der Waals surface area contributed by atoms with E-state index in [9.17, 15) is 12.8 Å². The second-order valence-electron chi connectivity index (χ2n) is 5.17. The van der Waals surface area contributed by atoms with E-state index in [0.717, 1.165) is 25.9 Å². The maximum absolute atomic E-state index is 14.0. The molecule has 22 heavy (non-hydrogen) atoms. The fraction of sp³-hybridized carbons (Fsp3) is 0.571. The molecule has 126 valence electrons. The average molecular weight is 416 g/mol. The summed E-state index contributed by atoms with van der Waals surface area (Å²) in [4.78, 5) is -0.246. The van der Waals surface area contributed by atoms with Crippen LogP contribution in [0, 0.1) is 5.82 Å². The molecule has 0 amide bonds. The van der Waals surface area contributed by atoms with Crippen molar-refractivity contribution in [1.82, 2.24) is 9.62 Å². The Hall–Kier alpha value is -0.210. The number of benzene rings is 1. The molecular weight excluding hydrogens is 395 g/mol. The van der Waals surface area contributed by atoms with Crippen LogP contribution >= 0.6 is 28.3 Å². The first-order valence-electron chi connectivity index (χ1n) is 7.14. The molecule has 1 heterocycles. The van der Waals surface area contributed by atoms with E-state index in [0.29, 0.717) is 17.4 Å². The summed E-state index contributed by atoms with van der Waals surface area (Å²) in [5, 5.41) is 3.22. The van der Waals surface area contributed by atoms with Crippen LogP contribution in [0.25, 0.3) is 0 Å². The van der Waals surface area contributed by atoms with Gasteiger partial charge in [-0.1, -0.05) is 22.9 Å². The van der Waals surface area contributed by atoms with E-state index in [1.54, 1.807) is 0 Å². The van der Waals surface area contributed by atoms with Gasteiger partial charge < -0.3 is 5.32 Å². The Bertz CT molecular complexity index is 595. The SMILES string of the molecule is CCCN(C1CCNCC1)S(=O)(=O)c1cc(Br)ccc1F.Cl. The lowest BCUT2D eigenvalue weighted by molar-refractivity contribution is 0.261. The van der Waals surface area contributed by atoms with E-state index < -0.39 is 15.8 Å². The van der Waals surface area contributed by atoms with Crippen LogP contribution in [-0.2, 0) is 10.0 Å². The molecule has 0 atom stereocenters. The quantitative estimate of drug-likeness (QED) is 0.803. The highest BCUT2D eigenvalue weighted by Gasteiger charge is 2.33. The number of sulfonamides is 1. The zero-order chi connectivity index (χ0) is 15.5. The Kier molecular flexibility index (Phi) is 7.74. The van der Waals surface area contributed by atoms with Crippen molar-refractivity contribution >= 4 is 38.4 Å². The number of nitrogens with one attached hydrogen (secondary N) is 1. The zero-order valence-corrected chi connectivity index (χ0v) is 15.6. The average Bonchev–Trinajstić information content (AvgIpc) is 2.48. The number of piperidine rings is 1. The number of rotatable bonds is 5. The van der Waals surface area contributed by atoms with Crippen molar-refractivity contribution in [3.63, 3.8) is 0 Å². The van der Waals surface area contributed by atoms with Gasteiger partial charge in [0.15, 0.2) is 0 Å². The van der Waals surface area contributed by atoms with Gasteiger partial charge in [0.05, 0.1) is 0 Å². The molecule has 8 heteroatoms. The van der Waals surface area contributed by atoms with Gasteiger partial charge in [0.1, 0.15) is 10.7 Å². The lowest BCUT2D eigenvalue weighted by Crippen LogP contribution is -2.46. The Morgan fingerprint density at radius 2 is 2.00 bits per heavy atom. The Balaban J connectivity index is 0.00000242. The van der Waals surface area contributed by atoms with Crippen LogP contribution in [0.2, 0.25) is 0 Å². The maximum atomic E-state index is 14.0. The lowest BCUT2D eigenvalue weighted by Gasteiger charge is -2.33. The first-order valence-corrected chi connectivity index (χ1v) is 9.37. The summed E-state index contributed by atoms with van der Waals surface area (Å²) in [5.74, 6) is -0.701. The zero-order valence-electron chi connectivity index (χ0n) is 12.4. The summed E-state index contributed by atoms with van der Waals surface area (Å²) < 4.78 is 41.7. The fourth-order valence-electron chi connectivity index (χ4n) is 2.62. The molecule has 0 unspecified atom stereocenters. The highest BCUT2D eigenvalue weighted by atomic mass is 79.9. The van der Waals surface area contributed by atoms with Crippen LogP contribution in [0.15, 0.2) is 27.6 Å². The van der Waals surface area contributed by atoms with Gasteiger partial charge in [0.25, 0.3) is 0 Å². The Morgan fingerprint density at radius 1 is 1.36 bits per heavy atom. The molecule has 1 aromatic carbocycles. The molecule has 1 aliphatic rings. The molecule has 0 bridgehead atoms. The van der Waals surface area contributed by atoms with E-state index >= 15 is 0 Å². The van der Waals surface area contributed by atoms with Gasteiger partial charge in [-0.2, -0.15) is 4.31 Å². The Labute approximate surface area is 146 Å². The van der Waals surface area contributed by atoms with Crippen LogP contribution in [0.1, 0.15) is 26.2 Å². The van der Waals surface area contributed by atoms with Crippen molar-refractivity contribution in [3.05, 3.63) is 28.5 Å². The molecule has 0 aromatic heterocycles. The summed E-state index contributed by atoms with van der Waals surface area (Å²) in [6.45, 7) is 3.93. The largest absolute Gasteiger partial charge is 0.317 e. The van der Waals surface area contributed by atoms with Crippen LogP contribution in [-0.4, -0.2) is 38.4 Å². The molecule has 1 fully saturated rings. The molecule has 1 N–H and O–H groups in total. The van der Waals surface area contributed by atoms with Crippen molar-refractivity contribution in [2.75, 3.05) is 19.6 Å². The van der Waals surface area contributed by atoms with E-state index in [2.05, 4.69) is 21.2 Å². The van der Waals surface area contributed by atoms with Gasteiger partial charge in [0.2, 0.25) is 10.0 Å². The summed E-state index contributed by atoms with van der Waals surface area (Å²) in [6.07, 6.45) is 2.22. The molecule has 0 radical (unpaired) electrons. The standard InChI is InChI=1S/C14H20BrFN2O2S.ClH/c1-2-9-18(12-5-7-17-8-6-12)21(19,20)14-10-11(15)3-4-13(14)16;/h3-4,10,12,17H,2,5-9H2,1H3;1H. The predicted molar refractivity (Wildman–Crippen MR) is 91.4 cm³/mol. The van der Waals surface area contributed by atoms with Crippen molar-refractivity contribution in [1.29, 1.82) is 0 Å². The van der Waals surface area contributed by atoms with Gasteiger partial charge in [-0.15, -0.1) is 12.4 Å². The fourth-order valence-corrected chi connectivity index (χ4v) is 5.00. The third-order valence-electron chi connectivity index (χ3n) is 3.64. The number of nitrogens with zero attached hydrogens (tertiary/aromatic N) is 1.